The number of aliphatic hydroxyl groups is 1. The third-order valence-corrected chi connectivity index (χ3v) is 4.27. The lowest BCUT2D eigenvalue weighted by molar-refractivity contribution is 0.287. The van der Waals surface area contributed by atoms with Crippen LogP contribution < -0.4 is 4.72 Å². The highest BCUT2D eigenvalue weighted by Gasteiger charge is 2.11. The Hall–Kier alpha value is -0.300. The van der Waals surface area contributed by atoms with Gasteiger partial charge < -0.3 is 5.11 Å². The number of unbranched alkanes of at least 4 members (excludes halogenated alkanes) is 1. The van der Waals surface area contributed by atoms with Gasteiger partial charge in [0.15, 0.2) is 0 Å². The Morgan fingerprint density at radius 3 is 2.65 bits per heavy atom. The van der Waals surface area contributed by atoms with Crippen LogP contribution in [0.25, 0.3) is 0 Å². The molecule has 0 spiro atoms. The van der Waals surface area contributed by atoms with E-state index in [1.807, 2.05) is 0 Å². The second-order valence-electron chi connectivity index (χ2n) is 3.48. The third-order valence-electron chi connectivity index (χ3n) is 2.02. The minimum Gasteiger partial charge on any atom is -0.396 e. The van der Waals surface area contributed by atoms with E-state index in [-0.39, 0.29) is 12.4 Å². The van der Waals surface area contributed by atoms with Gasteiger partial charge in [0.05, 0.1) is 11.4 Å². The molecule has 0 fully saturated rings. The normalized spacial score (nSPS) is 11.5. The van der Waals surface area contributed by atoms with Gasteiger partial charge in [-0.2, -0.15) is 0 Å². The van der Waals surface area contributed by atoms with Crippen LogP contribution in [-0.4, -0.2) is 25.9 Å². The van der Waals surface area contributed by atoms with Crippen LogP contribution in [0, 0.1) is 0 Å². The highest BCUT2D eigenvalue weighted by molar-refractivity contribution is 9.10. The van der Waals surface area contributed by atoms with E-state index in [1.54, 1.807) is 18.2 Å². The van der Waals surface area contributed by atoms with Crippen LogP contribution in [0.5, 0.6) is 0 Å². The van der Waals surface area contributed by atoms with Crippen LogP contribution in [0.15, 0.2) is 22.7 Å². The average Bonchev–Trinajstić information content (AvgIpc) is 2.22. The van der Waals surface area contributed by atoms with Crippen molar-refractivity contribution in [1.29, 1.82) is 0 Å². The monoisotopic (exact) mass is 341 g/mol. The Morgan fingerprint density at radius 1 is 1.35 bits per heavy atom. The van der Waals surface area contributed by atoms with Crippen molar-refractivity contribution in [2.75, 3.05) is 17.1 Å². The van der Waals surface area contributed by atoms with Crippen molar-refractivity contribution in [1.82, 2.24) is 0 Å². The SMILES string of the molecule is O=S(=O)(CCCCO)Nc1ccc(Cl)cc1Br. The number of rotatable bonds is 6. The zero-order chi connectivity index (χ0) is 12.9. The first-order valence-corrected chi connectivity index (χ1v) is 7.83. The van der Waals surface area contributed by atoms with E-state index in [4.69, 9.17) is 16.7 Å². The Kier molecular flexibility index (Phi) is 5.72. The molecule has 7 heteroatoms. The number of hydrogen-bond acceptors (Lipinski definition) is 3. The predicted octanol–water partition coefficient (Wildman–Crippen LogP) is 2.62. The van der Waals surface area contributed by atoms with E-state index in [0.717, 1.165) is 0 Å². The fraction of sp³-hybridized carbons (Fsp3) is 0.400. The fourth-order valence-electron chi connectivity index (χ4n) is 1.19. The van der Waals surface area contributed by atoms with E-state index in [9.17, 15) is 8.42 Å². The summed E-state index contributed by atoms with van der Waals surface area (Å²) in [6.45, 7) is 0.000158. The molecule has 0 aromatic heterocycles. The Morgan fingerprint density at radius 2 is 2.06 bits per heavy atom. The number of halogens is 2. The van der Waals surface area contributed by atoms with Gasteiger partial charge in [0.2, 0.25) is 10.0 Å². The number of anilines is 1. The Bertz CT molecular complexity index is 478. The zero-order valence-electron chi connectivity index (χ0n) is 8.99. The maximum Gasteiger partial charge on any atom is 0.232 e. The maximum absolute atomic E-state index is 11.7. The summed E-state index contributed by atoms with van der Waals surface area (Å²) in [4.78, 5) is 0. The molecule has 0 aliphatic heterocycles. The molecule has 2 N–H and O–H groups in total. The fourth-order valence-corrected chi connectivity index (χ4v) is 3.31. The molecule has 0 unspecified atom stereocenters. The molecule has 0 saturated carbocycles. The lowest BCUT2D eigenvalue weighted by Gasteiger charge is -2.09. The van der Waals surface area contributed by atoms with E-state index < -0.39 is 10.0 Å². The summed E-state index contributed by atoms with van der Waals surface area (Å²) >= 11 is 8.99. The van der Waals surface area contributed by atoms with Crippen LogP contribution in [0.3, 0.4) is 0 Å². The van der Waals surface area contributed by atoms with Crippen molar-refractivity contribution in [3.63, 3.8) is 0 Å². The molecule has 0 radical (unpaired) electrons. The van der Waals surface area contributed by atoms with Crippen molar-refractivity contribution < 1.29 is 13.5 Å². The van der Waals surface area contributed by atoms with Gasteiger partial charge in [-0.1, -0.05) is 11.6 Å². The summed E-state index contributed by atoms with van der Waals surface area (Å²) < 4.78 is 26.4. The number of sulfonamides is 1. The number of aliphatic hydroxyl groups excluding tert-OH is 1. The van der Waals surface area contributed by atoms with Gasteiger partial charge in [0.1, 0.15) is 0 Å². The molecule has 0 saturated heterocycles. The summed E-state index contributed by atoms with van der Waals surface area (Å²) in [5.41, 5.74) is 0.457. The number of nitrogens with one attached hydrogen (secondary N) is 1. The van der Waals surface area contributed by atoms with Crippen LogP contribution in [-0.2, 0) is 10.0 Å². The van der Waals surface area contributed by atoms with E-state index >= 15 is 0 Å². The Balaban J connectivity index is 2.69. The lowest BCUT2D eigenvalue weighted by Crippen LogP contribution is -2.17. The van der Waals surface area contributed by atoms with Crippen molar-refractivity contribution in [3.05, 3.63) is 27.7 Å². The summed E-state index contributed by atoms with van der Waals surface area (Å²) in [5.74, 6) is -0.0113. The van der Waals surface area contributed by atoms with E-state index in [1.165, 1.54) is 0 Å². The predicted molar refractivity (Wildman–Crippen MR) is 72.9 cm³/mol. The summed E-state index contributed by atoms with van der Waals surface area (Å²) in [5, 5.41) is 9.12. The highest BCUT2D eigenvalue weighted by Crippen LogP contribution is 2.26. The van der Waals surface area contributed by atoms with Gasteiger partial charge in [0.25, 0.3) is 0 Å². The molecule has 0 aliphatic carbocycles. The molecule has 0 amide bonds. The van der Waals surface area contributed by atoms with Gasteiger partial charge in [-0.3, -0.25) is 4.72 Å². The van der Waals surface area contributed by atoms with Gasteiger partial charge in [-0.25, -0.2) is 8.42 Å². The zero-order valence-corrected chi connectivity index (χ0v) is 12.1. The van der Waals surface area contributed by atoms with E-state index in [0.29, 0.717) is 28.0 Å². The highest BCUT2D eigenvalue weighted by atomic mass is 79.9. The van der Waals surface area contributed by atoms with Crippen LogP contribution >= 0.6 is 27.5 Å². The topological polar surface area (TPSA) is 66.4 Å². The molecule has 0 bridgehead atoms. The van der Waals surface area contributed by atoms with Crippen molar-refractivity contribution in [2.45, 2.75) is 12.8 Å². The van der Waals surface area contributed by atoms with Gasteiger partial charge in [-0.15, -0.1) is 0 Å². The van der Waals surface area contributed by atoms with Crippen molar-refractivity contribution in [2.24, 2.45) is 0 Å². The first kappa shape index (κ1) is 14.8. The van der Waals surface area contributed by atoms with Crippen molar-refractivity contribution in [3.8, 4) is 0 Å². The molecule has 96 valence electrons. The second-order valence-corrected chi connectivity index (χ2v) is 6.61. The third kappa shape index (κ3) is 5.25. The molecule has 0 heterocycles. The quantitative estimate of drug-likeness (QED) is 0.781. The molecule has 0 atom stereocenters. The molecular formula is C10H13BrClNO3S. The molecule has 4 nitrogen and oxygen atoms in total. The smallest absolute Gasteiger partial charge is 0.232 e. The average molecular weight is 343 g/mol. The van der Waals surface area contributed by atoms with Crippen molar-refractivity contribution >= 4 is 43.2 Å². The van der Waals surface area contributed by atoms with Gasteiger partial charge in [0, 0.05) is 16.1 Å². The maximum atomic E-state index is 11.7. The number of benzene rings is 1. The summed E-state index contributed by atoms with van der Waals surface area (Å²) in [6, 6.07) is 4.82. The van der Waals surface area contributed by atoms with Crippen LogP contribution in [0.2, 0.25) is 5.02 Å². The minimum atomic E-state index is -3.38. The molecule has 17 heavy (non-hydrogen) atoms. The molecule has 1 aromatic carbocycles. The molecule has 1 aromatic rings. The second kappa shape index (κ2) is 6.58. The molecular weight excluding hydrogens is 330 g/mol. The van der Waals surface area contributed by atoms with Crippen LogP contribution in [0.1, 0.15) is 12.8 Å². The first-order valence-electron chi connectivity index (χ1n) is 5.01. The van der Waals surface area contributed by atoms with Gasteiger partial charge >= 0.3 is 0 Å². The standard InChI is InChI=1S/C10H13BrClNO3S/c11-9-7-8(12)3-4-10(9)13-17(15,16)6-2-1-5-14/h3-4,7,13-14H,1-2,5-6H2. The first-order chi connectivity index (χ1) is 7.94. The minimum absolute atomic E-state index is 0.000158. The molecule has 1 rings (SSSR count). The largest absolute Gasteiger partial charge is 0.396 e. The summed E-state index contributed by atoms with van der Waals surface area (Å²) in [7, 11) is -3.38. The Labute approximate surface area is 114 Å². The number of hydrogen-bond donors (Lipinski definition) is 2. The lowest BCUT2D eigenvalue weighted by atomic mass is 10.3. The van der Waals surface area contributed by atoms with Gasteiger partial charge in [-0.05, 0) is 47.0 Å². The van der Waals surface area contributed by atoms with Crippen LogP contribution in [0.4, 0.5) is 5.69 Å². The summed E-state index contributed by atoms with van der Waals surface area (Å²) in [6.07, 6.45) is 0.903. The van der Waals surface area contributed by atoms with E-state index in [2.05, 4.69) is 20.7 Å². The molecule has 0 aliphatic rings.